The second-order valence-electron chi connectivity index (χ2n) is 9.03. The van der Waals surface area contributed by atoms with Gasteiger partial charge in [0, 0.05) is 48.6 Å². The summed E-state index contributed by atoms with van der Waals surface area (Å²) in [4.78, 5) is 29.1. The first-order valence-corrected chi connectivity index (χ1v) is 14.1. The molecule has 0 aliphatic carbocycles. The van der Waals surface area contributed by atoms with Crippen LogP contribution in [0.2, 0.25) is 0 Å². The molecular formula is C30H26N4OS2. The minimum atomic E-state index is 0.0846. The number of thiophene rings is 1. The summed E-state index contributed by atoms with van der Waals surface area (Å²) in [6.07, 6.45) is 1.62. The molecule has 37 heavy (non-hydrogen) atoms. The molecule has 0 unspecified atom stereocenters. The van der Waals surface area contributed by atoms with Crippen molar-refractivity contribution in [1.82, 2.24) is 19.8 Å². The Hall–Kier alpha value is -3.52. The maximum Gasteiger partial charge on any atom is 0.255 e. The predicted octanol–water partition coefficient (Wildman–Crippen LogP) is 6.47. The highest BCUT2D eigenvalue weighted by Crippen LogP contribution is 2.41. The lowest BCUT2D eigenvalue weighted by atomic mass is 10.1. The van der Waals surface area contributed by atoms with Gasteiger partial charge in [0.15, 0.2) is 0 Å². The highest BCUT2D eigenvalue weighted by atomic mass is 32.2. The second-order valence-corrected chi connectivity index (χ2v) is 10.9. The first-order chi connectivity index (χ1) is 18.3. The Labute approximate surface area is 224 Å². The quantitative estimate of drug-likeness (QED) is 0.239. The maximum absolute atomic E-state index is 13.6. The second kappa shape index (κ2) is 10.8. The molecule has 7 heteroatoms. The van der Waals surface area contributed by atoms with Crippen LogP contribution in [-0.4, -0.2) is 51.9 Å². The van der Waals surface area contributed by atoms with Gasteiger partial charge in [-0.15, -0.1) is 11.3 Å². The molecule has 1 amide bonds. The average molecular weight is 523 g/mol. The molecular weight excluding hydrogens is 496 g/mol. The zero-order valence-corrected chi connectivity index (χ0v) is 21.9. The number of carbonyl (C=O) groups excluding carboxylic acids is 1. The molecule has 184 valence electrons. The Balaban J connectivity index is 1.22. The van der Waals surface area contributed by atoms with Crippen LogP contribution in [-0.2, 0) is 6.54 Å². The van der Waals surface area contributed by atoms with Crippen molar-refractivity contribution >= 4 is 39.2 Å². The Morgan fingerprint density at radius 1 is 0.838 bits per heavy atom. The number of rotatable bonds is 6. The summed E-state index contributed by atoms with van der Waals surface area (Å²) >= 11 is 3.17. The number of hydrogen-bond donors (Lipinski definition) is 0. The number of nitrogens with zero attached hydrogens (tertiary/aromatic N) is 4. The number of piperazine rings is 1. The SMILES string of the molecule is O=C(c1ccccc1Sc1ncnc2scc(-c3ccccc3)c12)N1CCN(Cc2ccccc2)CC1. The third-order valence-electron chi connectivity index (χ3n) is 6.65. The third-order valence-corrected chi connectivity index (χ3v) is 8.62. The lowest BCUT2D eigenvalue weighted by Gasteiger charge is -2.35. The van der Waals surface area contributed by atoms with E-state index in [1.54, 1.807) is 29.4 Å². The van der Waals surface area contributed by atoms with E-state index in [9.17, 15) is 4.79 Å². The summed E-state index contributed by atoms with van der Waals surface area (Å²) in [5, 5.41) is 4.06. The molecule has 1 aliphatic rings. The third kappa shape index (κ3) is 5.16. The van der Waals surface area contributed by atoms with Crippen LogP contribution in [0.25, 0.3) is 21.3 Å². The Bertz CT molecular complexity index is 1510. The van der Waals surface area contributed by atoms with Crippen LogP contribution >= 0.6 is 23.1 Å². The van der Waals surface area contributed by atoms with Gasteiger partial charge in [-0.1, -0.05) is 84.6 Å². The molecule has 2 aromatic heterocycles. The van der Waals surface area contributed by atoms with Crippen molar-refractivity contribution in [2.75, 3.05) is 26.2 Å². The normalized spacial score (nSPS) is 14.2. The number of aromatic nitrogens is 2. The molecule has 0 radical (unpaired) electrons. The minimum Gasteiger partial charge on any atom is -0.336 e. The molecule has 1 aliphatic heterocycles. The fourth-order valence-electron chi connectivity index (χ4n) is 4.71. The number of hydrogen-bond acceptors (Lipinski definition) is 6. The number of amides is 1. The largest absolute Gasteiger partial charge is 0.336 e. The van der Waals surface area contributed by atoms with Crippen molar-refractivity contribution in [2.24, 2.45) is 0 Å². The lowest BCUT2D eigenvalue weighted by Crippen LogP contribution is -2.48. The first kappa shape index (κ1) is 23.9. The van der Waals surface area contributed by atoms with Crippen LogP contribution in [0.15, 0.2) is 107 Å². The fourth-order valence-corrected chi connectivity index (χ4v) is 6.72. The fraction of sp³-hybridized carbons (Fsp3) is 0.167. The first-order valence-electron chi connectivity index (χ1n) is 12.4. The van der Waals surface area contributed by atoms with Gasteiger partial charge in [0.05, 0.1) is 10.9 Å². The Morgan fingerprint density at radius 2 is 1.54 bits per heavy atom. The van der Waals surface area contributed by atoms with Gasteiger partial charge < -0.3 is 4.90 Å². The van der Waals surface area contributed by atoms with Crippen molar-refractivity contribution in [3.8, 4) is 11.1 Å². The smallest absolute Gasteiger partial charge is 0.255 e. The topological polar surface area (TPSA) is 49.3 Å². The molecule has 5 nitrogen and oxygen atoms in total. The van der Waals surface area contributed by atoms with E-state index in [4.69, 9.17) is 0 Å². The van der Waals surface area contributed by atoms with Crippen molar-refractivity contribution < 1.29 is 4.79 Å². The van der Waals surface area contributed by atoms with Crippen LogP contribution in [0.5, 0.6) is 0 Å². The van der Waals surface area contributed by atoms with Gasteiger partial charge in [0.25, 0.3) is 5.91 Å². The number of benzene rings is 3. The standard InChI is InChI=1S/C30H26N4OS2/c35-30(34-17-15-33(16-18-34)19-22-9-3-1-4-10-22)24-13-7-8-14-26(24)37-29-27-25(23-11-5-2-6-12-23)20-36-28(27)31-21-32-29/h1-14,20-21H,15-19H2. The van der Waals surface area contributed by atoms with Crippen LogP contribution < -0.4 is 0 Å². The summed E-state index contributed by atoms with van der Waals surface area (Å²) in [7, 11) is 0. The summed E-state index contributed by atoms with van der Waals surface area (Å²) in [5.74, 6) is 0.0846. The molecule has 5 aromatic rings. The van der Waals surface area contributed by atoms with Crippen LogP contribution in [0.1, 0.15) is 15.9 Å². The van der Waals surface area contributed by atoms with Gasteiger partial charge in [0.1, 0.15) is 16.2 Å². The summed E-state index contributed by atoms with van der Waals surface area (Å²) < 4.78 is 0. The molecule has 0 atom stereocenters. The van der Waals surface area contributed by atoms with E-state index in [0.717, 1.165) is 69.6 Å². The predicted molar refractivity (Wildman–Crippen MR) is 151 cm³/mol. The molecule has 3 heterocycles. The van der Waals surface area contributed by atoms with Crippen LogP contribution in [0.3, 0.4) is 0 Å². The van der Waals surface area contributed by atoms with Gasteiger partial charge in [-0.3, -0.25) is 9.69 Å². The molecule has 0 saturated carbocycles. The zero-order valence-electron chi connectivity index (χ0n) is 20.3. The van der Waals surface area contributed by atoms with Gasteiger partial charge in [0.2, 0.25) is 0 Å². The summed E-state index contributed by atoms with van der Waals surface area (Å²) in [5.41, 5.74) is 4.31. The van der Waals surface area contributed by atoms with E-state index in [2.05, 4.69) is 56.6 Å². The van der Waals surface area contributed by atoms with Crippen LogP contribution in [0, 0.1) is 0 Å². The van der Waals surface area contributed by atoms with Gasteiger partial charge in [-0.05, 0) is 23.3 Å². The van der Waals surface area contributed by atoms with Crippen molar-refractivity contribution in [2.45, 2.75) is 16.5 Å². The van der Waals surface area contributed by atoms with E-state index in [-0.39, 0.29) is 5.91 Å². The molecule has 0 N–H and O–H groups in total. The van der Waals surface area contributed by atoms with Gasteiger partial charge in [-0.2, -0.15) is 0 Å². The summed E-state index contributed by atoms with van der Waals surface area (Å²) in [6, 6.07) is 28.7. The van der Waals surface area contributed by atoms with Crippen LogP contribution in [0.4, 0.5) is 0 Å². The van der Waals surface area contributed by atoms with Gasteiger partial charge in [-0.25, -0.2) is 9.97 Å². The summed E-state index contributed by atoms with van der Waals surface area (Å²) in [6.45, 7) is 4.12. The molecule has 1 fully saturated rings. The molecule has 0 spiro atoms. The highest BCUT2D eigenvalue weighted by molar-refractivity contribution is 7.99. The monoisotopic (exact) mass is 522 g/mol. The van der Waals surface area contributed by atoms with Gasteiger partial charge >= 0.3 is 0 Å². The van der Waals surface area contributed by atoms with Crippen molar-refractivity contribution in [3.05, 3.63) is 108 Å². The number of fused-ring (bicyclic) bond motifs is 1. The van der Waals surface area contributed by atoms with E-state index in [1.165, 1.54) is 5.56 Å². The molecule has 6 rings (SSSR count). The zero-order chi connectivity index (χ0) is 25.0. The van der Waals surface area contributed by atoms with E-state index in [0.29, 0.717) is 0 Å². The Kier molecular flexibility index (Phi) is 6.99. The minimum absolute atomic E-state index is 0.0846. The van der Waals surface area contributed by atoms with E-state index < -0.39 is 0 Å². The Morgan fingerprint density at radius 3 is 2.32 bits per heavy atom. The molecule has 0 bridgehead atoms. The van der Waals surface area contributed by atoms with E-state index >= 15 is 0 Å². The highest BCUT2D eigenvalue weighted by Gasteiger charge is 2.25. The molecule has 1 saturated heterocycles. The molecule has 3 aromatic carbocycles. The lowest BCUT2D eigenvalue weighted by molar-refractivity contribution is 0.0625. The van der Waals surface area contributed by atoms with E-state index in [1.807, 2.05) is 53.4 Å². The maximum atomic E-state index is 13.6. The van der Waals surface area contributed by atoms with Crippen molar-refractivity contribution in [1.29, 1.82) is 0 Å². The average Bonchev–Trinajstić information content (AvgIpc) is 3.40. The van der Waals surface area contributed by atoms with Crippen molar-refractivity contribution in [3.63, 3.8) is 0 Å². The number of carbonyl (C=O) groups is 1.